The van der Waals surface area contributed by atoms with Gasteiger partial charge in [-0.1, -0.05) is 19.4 Å². The molecule has 1 aromatic heterocycles. The molecule has 1 heterocycles. The molecule has 0 radical (unpaired) electrons. The molecule has 0 N–H and O–H groups in total. The van der Waals surface area contributed by atoms with E-state index in [1.165, 1.54) is 37.7 Å². The highest BCUT2D eigenvalue weighted by molar-refractivity contribution is 5.91. The summed E-state index contributed by atoms with van der Waals surface area (Å²) in [5.41, 5.74) is 2.20. The van der Waals surface area contributed by atoms with Crippen molar-refractivity contribution >= 4 is 5.78 Å². The second-order valence-electron chi connectivity index (χ2n) is 9.62. The first-order valence-corrected chi connectivity index (χ1v) is 10.2. The molecule has 0 aliphatic heterocycles. The number of carbonyl (C=O) groups excluding carboxylic acids is 1. The Hall–Kier alpha value is -1.38. The Bertz CT molecular complexity index is 720. The maximum absolute atomic E-state index is 11.9. The van der Waals surface area contributed by atoms with Gasteiger partial charge in [-0.2, -0.15) is 0 Å². The van der Waals surface area contributed by atoms with Crippen LogP contribution in [0.25, 0.3) is 0 Å². The van der Waals surface area contributed by atoms with Crippen molar-refractivity contribution in [1.29, 1.82) is 0 Å². The lowest BCUT2D eigenvalue weighted by Gasteiger charge is -2.58. The van der Waals surface area contributed by atoms with Gasteiger partial charge in [0, 0.05) is 24.9 Å². The van der Waals surface area contributed by atoms with Crippen molar-refractivity contribution in [3.63, 3.8) is 0 Å². The predicted octanol–water partition coefficient (Wildman–Crippen LogP) is 4.96. The molecule has 134 valence electrons. The minimum Gasteiger partial charge on any atom is -0.334 e. The number of fused-ring (bicyclic) bond motifs is 5. The van der Waals surface area contributed by atoms with Crippen LogP contribution in [0.2, 0.25) is 0 Å². The van der Waals surface area contributed by atoms with Crippen LogP contribution in [0.3, 0.4) is 0 Å². The summed E-state index contributed by atoms with van der Waals surface area (Å²) in [6.07, 6.45) is 17.8. The Morgan fingerprint density at radius 1 is 1.08 bits per heavy atom. The molecule has 0 unspecified atom stereocenters. The molecule has 1 aromatic rings. The van der Waals surface area contributed by atoms with E-state index >= 15 is 0 Å². The van der Waals surface area contributed by atoms with Crippen LogP contribution in [0.1, 0.15) is 71.3 Å². The molecule has 3 heteroatoms. The van der Waals surface area contributed by atoms with E-state index in [1.807, 2.05) is 18.6 Å². The zero-order valence-corrected chi connectivity index (χ0v) is 15.6. The number of allylic oxidation sites excluding steroid dienone is 1. The number of aromatic nitrogens is 2. The molecule has 25 heavy (non-hydrogen) atoms. The first kappa shape index (κ1) is 15.8. The lowest BCUT2D eigenvalue weighted by atomic mass is 9.47. The number of carbonyl (C=O) groups is 1. The fourth-order valence-electron chi connectivity index (χ4n) is 7.48. The number of imidazole rings is 1. The van der Waals surface area contributed by atoms with Crippen LogP contribution in [0.4, 0.5) is 0 Å². The molecule has 0 spiro atoms. The van der Waals surface area contributed by atoms with Crippen LogP contribution >= 0.6 is 0 Å². The molecular weight excluding hydrogens is 308 g/mol. The Kier molecular flexibility index (Phi) is 3.37. The van der Waals surface area contributed by atoms with Gasteiger partial charge >= 0.3 is 0 Å². The fourth-order valence-corrected chi connectivity index (χ4v) is 7.48. The van der Waals surface area contributed by atoms with Gasteiger partial charge in [0.25, 0.3) is 0 Å². The zero-order chi connectivity index (χ0) is 17.2. The molecule has 4 aliphatic carbocycles. The van der Waals surface area contributed by atoms with Gasteiger partial charge in [-0.25, -0.2) is 4.98 Å². The highest BCUT2D eigenvalue weighted by atomic mass is 16.1. The second kappa shape index (κ2) is 5.31. The van der Waals surface area contributed by atoms with Crippen molar-refractivity contribution in [1.82, 2.24) is 9.55 Å². The summed E-state index contributed by atoms with van der Waals surface area (Å²) in [5.74, 6) is 2.85. The lowest BCUT2D eigenvalue weighted by Crippen LogP contribution is -2.50. The van der Waals surface area contributed by atoms with Crippen molar-refractivity contribution in [3.8, 4) is 0 Å². The number of hydrogen-bond acceptors (Lipinski definition) is 2. The molecule has 3 nitrogen and oxygen atoms in total. The molecule has 0 aromatic carbocycles. The van der Waals surface area contributed by atoms with E-state index < -0.39 is 0 Å². The molecular formula is C22H30N2O. The van der Waals surface area contributed by atoms with E-state index in [2.05, 4.69) is 29.6 Å². The third-order valence-electron chi connectivity index (χ3n) is 8.80. The third kappa shape index (κ3) is 2.10. The van der Waals surface area contributed by atoms with Crippen molar-refractivity contribution < 1.29 is 4.79 Å². The highest BCUT2D eigenvalue weighted by Gasteiger charge is 2.59. The van der Waals surface area contributed by atoms with Crippen molar-refractivity contribution in [2.24, 2.45) is 28.6 Å². The van der Waals surface area contributed by atoms with Crippen molar-refractivity contribution in [3.05, 3.63) is 30.4 Å². The topological polar surface area (TPSA) is 34.9 Å². The third-order valence-corrected chi connectivity index (χ3v) is 8.80. The molecule has 4 aliphatic rings. The van der Waals surface area contributed by atoms with Gasteiger partial charge in [-0.3, -0.25) is 4.79 Å². The van der Waals surface area contributed by atoms with Crippen molar-refractivity contribution in [2.75, 3.05) is 0 Å². The van der Waals surface area contributed by atoms with Crippen LogP contribution in [0.15, 0.2) is 30.4 Å². The first-order chi connectivity index (χ1) is 12.0. The van der Waals surface area contributed by atoms with Gasteiger partial charge in [-0.05, 0) is 79.6 Å². The zero-order valence-electron chi connectivity index (χ0n) is 15.6. The van der Waals surface area contributed by atoms with E-state index in [0.29, 0.717) is 22.7 Å². The second-order valence-corrected chi connectivity index (χ2v) is 9.62. The van der Waals surface area contributed by atoms with Crippen LogP contribution in [-0.2, 0) is 4.79 Å². The molecule has 3 fully saturated rings. The summed E-state index contributed by atoms with van der Waals surface area (Å²) < 4.78 is 2.38. The van der Waals surface area contributed by atoms with Crippen LogP contribution in [0, 0.1) is 28.6 Å². The molecule has 0 saturated heterocycles. The van der Waals surface area contributed by atoms with Gasteiger partial charge in [0.05, 0.1) is 6.33 Å². The lowest BCUT2D eigenvalue weighted by molar-refractivity contribution is -0.117. The average molecular weight is 338 g/mol. The first-order valence-electron chi connectivity index (χ1n) is 10.2. The quantitative estimate of drug-likeness (QED) is 0.725. The molecule has 0 amide bonds. The minimum atomic E-state index is 0.297. The van der Waals surface area contributed by atoms with E-state index in [-0.39, 0.29) is 0 Å². The van der Waals surface area contributed by atoms with Crippen LogP contribution in [0.5, 0.6) is 0 Å². The minimum absolute atomic E-state index is 0.297. The highest BCUT2D eigenvalue weighted by Crippen LogP contribution is 2.67. The molecule has 3 saturated carbocycles. The summed E-state index contributed by atoms with van der Waals surface area (Å²) in [6.45, 7) is 5.04. The summed E-state index contributed by atoms with van der Waals surface area (Å²) in [4.78, 5) is 16.3. The summed E-state index contributed by atoms with van der Waals surface area (Å²) in [6, 6.07) is 0.624. The monoisotopic (exact) mass is 338 g/mol. The maximum Gasteiger partial charge on any atom is 0.155 e. The Balaban J connectivity index is 1.48. The predicted molar refractivity (Wildman–Crippen MR) is 98.0 cm³/mol. The van der Waals surface area contributed by atoms with Gasteiger partial charge in [-0.15, -0.1) is 0 Å². The van der Waals surface area contributed by atoms with Gasteiger partial charge in [0.1, 0.15) is 0 Å². The molecule has 5 rings (SSSR count). The Labute approximate surface area is 150 Å². The van der Waals surface area contributed by atoms with Crippen LogP contribution < -0.4 is 0 Å². The van der Waals surface area contributed by atoms with E-state index in [0.717, 1.165) is 37.0 Å². The largest absolute Gasteiger partial charge is 0.334 e. The summed E-state index contributed by atoms with van der Waals surface area (Å²) in [5, 5.41) is 0. The summed E-state index contributed by atoms with van der Waals surface area (Å²) >= 11 is 0. The number of rotatable bonds is 1. The van der Waals surface area contributed by atoms with Gasteiger partial charge < -0.3 is 4.57 Å². The summed E-state index contributed by atoms with van der Waals surface area (Å²) in [7, 11) is 0. The van der Waals surface area contributed by atoms with Crippen LogP contribution in [-0.4, -0.2) is 15.3 Å². The van der Waals surface area contributed by atoms with Crippen molar-refractivity contribution in [2.45, 2.75) is 71.3 Å². The standard InChI is InChI=1S/C22H30N2O/c1-21-9-7-16(25)13-15(21)3-4-17-18-5-6-20(24-12-11-23-14-24)22(18,2)10-8-19(17)21/h11-14,17-20H,3-10H2,1-2H3/t17-,18-,19-,20-,21-,22-/m0/s1. The Morgan fingerprint density at radius 3 is 2.76 bits per heavy atom. The normalized spacial score (nSPS) is 46.2. The van der Waals surface area contributed by atoms with E-state index in [4.69, 9.17) is 0 Å². The number of hydrogen-bond donors (Lipinski definition) is 0. The fraction of sp³-hybridized carbons (Fsp3) is 0.727. The number of ketones is 1. The number of nitrogens with zero attached hydrogens (tertiary/aromatic N) is 2. The van der Waals surface area contributed by atoms with Gasteiger partial charge in [0.15, 0.2) is 5.78 Å². The SMILES string of the molecule is C[C@]12CC[C@H]3[C@@H](CCC4=CC(=O)CC[C@@]43C)[C@@H]1CC[C@@H]2n1ccnc1. The van der Waals surface area contributed by atoms with E-state index in [9.17, 15) is 4.79 Å². The smallest absolute Gasteiger partial charge is 0.155 e. The maximum atomic E-state index is 11.9. The molecule has 0 bridgehead atoms. The average Bonchev–Trinajstić information content (AvgIpc) is 3.22. The van der Waals surface area contributed by atoms with E-state index in [1.54, 1.807) is 0 Å². The Morgan fingerprint density at radius 2 is 1.96 bits per heavy atom. The van der Waals surface area contributed by atoms with Gasteiger partial charge in [0.2, 0.25) is 0 Å². The molecule has 6 atom stereocenters.